The molecular formula is C12H10N2O4. The number of benzene rings is 1. The molecule has 0 unspecified atom stereocenters. The van der Waals surface area contributed by atoms with Crippen LogP contribution in [-0.4, -0.2) is 28.0 Å². The van der Waals surface area contributed by atoms with E-state index in [9.17, 15) is 9.59 Å². The molecule has 0 bridgehead atoms. The minimum Gasteiger partial charge on any atom is -0.480 e. The number of aromatic nitrogens is 2. The van der Waals surface area contributed by atoms with E-state index in [-0.39, 0.29) is 11.1 Å². The van der Waals surface area contributed by atoms with Crippen molar-refractivity contribution in [2.75, 3.05) is 7.11 Å². The molecule has 0 saturated heterocycles. The molecule has 0 aliphatic rings. The first-order valence-corrected chi connectivity index (χ1v) is 5.10. The molecular weight excluding hydrogens is 236 g/mol. The van der Waals surface area contributed by atoms with E-state index < -0.39 is 5.97 Å². The van der Waals surface area contributed by atoms with Gasteiger partial charge in [0.05, 0.1) is 18.4 Å². The smallest absolute Gasteiger partial charge is 0.335 e. The first kappa shape index (κ1) is 11.8. The number of carbonyl (C=O) groups is 1. The molecule has 0 amide bonds. The van der Waals surface area contributed by atoms with Gasteiger partial charge in [-0.05, 0) is 24.3 Å². The van der Waals surface area contributed by atoms with Crippen molar-refractivity contribution in [3.8, 4) is 11.6 Å². The Morgan fingerprint density at radius 2 is 1.89 bits per heavy atom. The molecule has 2 aromatic rings. The van der Waals surface area contributed by atoms with Gasteiger partial charge in [0.1, 0.15) is 0 Å². The van der Waals surface area contributed by atoms with Gasteiger partial charge in [-0.15, -0.1) is 5.10 Å². The van der Waals surface area contributed by atoms with Gasteiger partial charge in [0.25, 0.3) is 5.56 Å². The van der Waals surface area contributed by atoms with E-state index >= 15 is 0 Å². The first-order valence-electron chi connectivity index (χ1n) is 5.10. The summed E-state index contributed by atoms with van der Waals surface area (Å²) in [5.74, 6) is -0.718. The Morgan fingerprint density at radius 3 is 2.44 bits per heavy atom. The lowest BCUT2D eigenvalue weighted by atomic mass is 10.2. The quantitative estimate of drug-likeness (QED) is 0.871. The molecule has 1 aromatic heterocycles. The molecule has 0 aliphatic heterocycles. The third kappa shape index (κ3) is 2.22. The second-order valence-corrected chi connectivity index (χ2v) is 3.48. The van der Waals surface area contributed by atoms with Gasteiger partial charge >= 0.3 is 5.97 Å². The van der Waals surface area contributed by atoms with E-state index in [1.54, 1.807) is 0 Å². The molecule has 92 valence electrons. The monoisotopic (exact) mass is 246 g/mol. The Morgan fingerprint density at radius 1 is 1.22 bits per heavy atom. The number of rotatable bonds is 3. The van der Waals surface area contributed by atoms with Crippen LogP contribution in [-0.2, 0) is 0 Å². The number of carboxylic acid groups (broad SMARTS) is 1. The maximum absolute atomic E-state index is 11.6. The van der Waals surface area contributed by atoms with Gasteiger partial charge in [-0.25, -0.2) is 4.79 Å². The van der Waals surface area contributed by atoms with Crippen molar-refractivity contribution in [1.82, 2.24) is 9.78 Å². The van der Waals surface area contributed by atoms with E-state index in [4.69, 9.17) is 9.84 Å². The lowest BCUT2D eigenvalue weighted by molar-refractivity contribution is 0.0697. The Hall–Kier alpha value is -2.63. The SMILES string of the molecule is COc1ccc(=O)n(-c2ccc(C(=O)O)cc2)n1. The minimum atomic E-state index is -1.02. The lowest BCUT2D eigenvalue weighted by Gasteiger charge is -2.06. The topological polar surface area (TPSA) is 81.4 Å². The summed E-state index contributed by atoms with van der Waals surface area (Å²) in [4.78, 5) is 22.3. The van der Waals surface area contributed by atoms with E-state index in [0.29, 0.717) is 11.6 Å². The molecule has 0 radical (unpaired) electrons. The highest BCUT2D eigenvalue weighted by atomic mass is 16.5. The van der Waals surface area contributed by atoms with Gasteiger partial charge in [-0.1, -0.05) is 0 Å². The van der Waals surface area contributed by atoms with Crippen molar-refractivity contribution in [2.45, 2.75) is 0 Å². The molecule has 0 spiro atoms. The van der Waals surface area contributed by atoms with Crippen molar-refractivity contribution in [3.05, 3.63) is 52.3 Å². The van der Waals surface area contributed by atoms with E-state index in [1.165, 1.54) is 43.5 Å². The molecule has 1 N–H and O–H groups in total. The van der Waals surface area contributed by atoms with Crippen LogP contribution in [0.15, 0.2) is 41.2 Å². The molecule has 2 rings (SSSR count). The maximum atomic E-state index is 11.6. The van der Waals surface area contributed by atoms with Crippen LogP contribution in [0.1, 0.15) is 10.4 Å². The summed E-state index contributed by atoms with van der Waals surface area (Å²) in [6, 6.07) is 8.63. The highest BCUT2D eigenvalue weighted by Crippen LogP contribution is 2.09. The van der Waals surface area contributed by atoms with Crippen molar-refractivity contribution in [1.29, 1.82) is 0 Å². The summed E-state index contributed by atoms with van der Waals surface area (Å²) in [7, 11) is 1.45. The molecule has 1 aromatic carbocycles. The summed E-state index contributed by atoms with van der Waals surface area (Å²) < 4.78 is 6.07. The Labute approximate surface area is 102 Å². The zero-order valence-corrected chi connectivity index (χ0v) is 9.53. The fourth-order valence-electron chi connectivity index (χ4n) is 1.43. The Kier molecular flexibility index (Phi) is 3.09. The number of methoxy groups -OCH3 is 1. The number of carboxylic acids is 1. The van der Waals surface area contributed by atoms with Crippen LogP contribution >= 0.6 is 0 Å². The Balaban J connectivity index is 2.48. The van der Waals surface area contributed by atoms with Gasteiger partial charge in [0.15, 0.2) is 0 Å². The zero-order valence-electron chi connectivity index (χ0n) is 9.53. The summed E-state index contributed by atoms with van der Waals surface area (Å²) >= 11 is 0. The van der Waals surface area contributed by atoms with Crippen LogP contribution in [0, 0.1) is 0 Å². The number of ether oxygens (including phenoxy) is 1. The number of nitrogens with zero attached hydrogens (tertiary/aromatic N) is 2. The second-order valence-electron chi connectivity index (χ2n) is 3.48. The van der Waals surface area contributed by atoms with Crippen LogP contribution in [0.4, 0.5) is 0 Å². The molecule has 0 atom stereocenters. The summed E-state index contributed by atoms with van der Waals surface area (Å²) in [6.07, 6.45) is 0. The highest BCUT2D eigenvalue weighted by molar-refractivity contribution is 5.87. The molecule has 0 saturated carbocycles. The lowest BCUT2D eigenvalue weighted by Crippen LogP contribution is -2.20. The second kappa shape index (κ2) is 4.70. The van der Waals surface area contributed by atoms with Gasteiger partial charge in [0, 0.05) is 12.1 Å². The van der Waals surface area contributed by atoms with E-state index in [0.717, 1.165) is 4.68 Å². The van der Waals surface area contributed by atoms with Crippen LogP contribution in [0.25, 0.3) is 5.69 Å². The van der Waals surface area contributed by atoms with Crippen molar-refractivity contribution >= 4 is 5.97 Å². The van der Waals surface area contributed by atoms with Gasteiger partial charge in [-0.3, -0.25) is 4.79 Å². The summed E-state index contributed by atoms with van der Waals surface area (Å²) in [5.41, 5.74) is 0.303. The number of hydrogen-bond donors (Lipinski definition) is 1. The van der Waals surface area contributed by atoms with Crippen LogP contribution in [0.5, 0.6) is 5.88 Å². The largest absolute Gasteiger partial charge is 0.480 e. The van der Waals surface area contributed by atoms with E-state index in [2.05, 4.69) is 5.10 Å². The third-order valence-corrected chi connectivity index (χ3v) is 2.34. The molecule has 6 nitrogen and oxygen atoms in total. The summed E-state index contributed by atoms with van der Waals surface area (Å²) in [5, 5.41) is 12.7. The molecule has 0 aliphatic carbocycles. The average Bonchev–Trinajstić information content (AvgIpc) is 2.39. The molecule has 0 fully saturated rings. The van der Waals surface area contributed by atoms with Crippen molar-refractivity contribution < 1.29 is 14.6 Å². The Bertz CT molecular complexity index is 631. The standard InChI is InChI=1S/C12H10N2O4/c1-18-10-6-7-11(15)14(13-10)9-4-2-8(3-5-9)12(16)17/h2-7H,1H3,(H,16,17). The average molecular weight is 246 g/mol. The third-order valence-electron chi connectivity index (χ3n) is 2.34. The van der Waals surface area contributed by atoms with E-state index in [1.807, 2.05) is 0 Å². The fourth-order valence-corrected chi connectivity index (χ4v) is 1.43. The molecule has 6 heteroatoms. The van der Waals surface area contributed by atoms with Crippen molar-refractivity contribution in [2.24, 2.45) is 0 Å². The minimum absolute atomic E-state index is 0.148. The van der Waals surface area contributed by atoms with Gasteiger partial charge in [-0.2, -0.15) is 4.68 Å². The first-order chi connectivity index (χ1) is 8.61. The predicted octanol–water partition coefficient (Wildman–Crippen LogP) is 0.939. The normalized spacial score (nSPS) is 10.1. The number of hydrogen-bond acceptors (Lipinski definition) is 4. The van der Waals surface area contributed by atoms with Gasteiger partial charge < -0.3 is 9.84 Å². The molecule has 1 heterocycles. The number of aromatic carboxylic acids is 1. The van der Waals surface area contributed by atoms with Crippen LogP contribution in [0.2, 0.25) is 0 Å². The predicted molar refractivity (Wildman–Crippen MR) is 63.3 cm³/mol. The van der Waals surface area contributed by atoms with Gasteiger partial charge in [0.2, 0.25) is 5.88 Å². The highest BCUT2D eigenvalue weighted by Gasteiger charge is 2.06. The maximum Gasteiger partial charge on any atom is 0.335 e. The van der Waals surface area contributed by atoms with Crippen LogP contribution in [0.3, 0.4) is 0 Å². The molecule has 18 heavy (non-hydrogen) atoms. The fraction of sp³-hybridized carbons (Fsp3) is 0.0833. The van der Waals surface area contributed by atoms with Crippen molar-refractivity contribution in [3.63, 3.8) is 0 Å². The van der Waals surface area contributed by atoms with Crippen LogP contribution < -0.4 is 10.3 Å². The summed E-state index contributed by atoms with van der Waals surface area (Å²) in [6.45, 7) is 0. The zero-order chi connectivity index (χ0) is 13.1.